The molecule has 0 saturated carbocycles. The highest BCUT2D eigenvalue weighted by Gasteiger charge is 2.32. The Morgan fingerprint density at radius 3 is 2.62 bits per heavy atom. The van der Waals surface area contributed by atoms with E-state index >= 15 is 0 Å². The van der Waals surface area contributed by atoms with Crippen LogP contribution >= 0.6 is 15.9 Å². The van der Waals surface area contributed by atoms with Gasteiger partial charge in [-0.05, 0) is 28.9 Å². The number of alkyl halides is 3. The maximum Gasteiger partial charge on any atom is 0.417 e. The molecular weight excluding hydrogens is 287 g/mol. The van der Waals surface area contributed by atoms with Crippen LogP contribution in [0.3, 0.4) is 0 Å². The van der Waals surface area contributed by atoms with Gasteiger partial charge in [0.05, 0.1) is 15.7 Å². The minimum atomic E-state index is -4.40. The van der Waals surface area contributed by atoms with E-state index in [2.05, 4.69) is 20.9 Å². The molecule has 0 atom stereocenters. The van der Waals surface area contributed by atoms with Gasteiger partial charge in [0.25, 0.3) is 0 Å². The van der Waals surface area contributed by atoms with E-state index < -0.39 is 11.7 Å². The number of aryl methyl sites for hydroxylation is 1. The van der Waals surface area contributed by atoms with Gasteiger partial charge in [0.1, 0.15) is 5.82 Å². The Balaban J connectivity index is 2.80. The van der Waals surface area contributed by atoms with Crippen LogP contribution in [0.25, 0.3) is 5.65 Å². The van der Waals surface area contributed by atoms with Crippen molar-refractivity contribution in [2.24, 2.45) is 0 Å². The van der Waals surface area contributed by atoms with Gasteiger partial charge in [0, 0.05) is 6.20 Å². The third kappa shape index (κ3) is 1.64. The number of fused-ring (bicyclic) bond motifs is 1. The number of pyridine rings is 1. The Bertz CT molecular complexity index is 559. The normalized spacial score (nSPS) is 12.3. The second-order valence-corrected chi connectivity index (χ2v) is 4.20. The van der Waals surface area contributed by atoms with Crippen molar-refractivity contribution >= 4 is 27.4 Å². The molecular formula is C9H7BrF3N3. The summed E-state index contributed by atoms with van der Waals surface area (Å²) in [7, 11) is 0. The number of halogens is 4. The molecule has 0 aliphatic rings. The average molecular weight is 294 g/mol. The fourth-order valence-corrected chi connectivity index (χ4v) is 1.92. The van der Waals surface area contributed by atoms with Crippen LogP contribution in [-0.4, -0.2) is 9.38 Å². The van der Waals surface area contributed by atoms with Crippen molar-refractivity contribution in [3.8, 4) is 0 Å². The number of hydrogen-bond donors (Lipinski definition) is 1. The minimum Gasteiger partial charge on any atom is -0.383 e. The maximum absolute atomic E-state index is 12.5. The molecule has 2 rings (SSSR count). The first kappa shape index (κ1) is 11.3. The van der Waals surface area contributed by atoms with Crippen LogP contribution in [-0.2, 0) is 6.18 Å². The van der Waals surface area contributed by atoms with Crippen LogP contribution in [0.15, 0.2) is 16.7 Å². The van der Waals surface area contributed by atoms with Gasteiger partial charge in [-0.15, -0.1) is 0 Å². The Hall–Kier alpha value is -1.24. The van der Waals surface area contributed by atoms with Crippen molar-refractivity contribution in [3.05, 3.63) is 28.0 Å². The minimum absolute atomic E-state index is 0.210. The molecule has 2 N–H and O–H groups in total. The first-order valence-corrected chi connectivity index (χ1v) is 5.11. The van der Waals surface area contributed by atoms with Gasteiger partial charge < -0.3 is 5.73 Å². The second-order valence-electron chi connectivity index (χ2n) is 3.35. The molecule has 2 aromatic heterocycles. The van der Waals surface area contributed by atoms with E-state index in [1.807, 2.05) is 0 Å². The van der Waals surface area contributed by atoms with Crippen LogP contribution in [0.5, 0.6) is 0 Å². The van der Waals surface area contributed by atoms with Crippen molar-refractivity contribution in [1.82, 2.24) is 9.38 Å². The lowest BCUT2D eigenvalue weighted by Gasteiger charge is -2.08. The monoisotopic (exact) mass is 293 g/mol. The van der Waals surface area contributed by atoms with Gasteiger partial charge in [0.2, 0.25) is 0 Å². The van der Waals surface area contributed by atoms with Crippen molar-refractivity contribution in [2.45, 2.75) is 13.1 Å². The van der Waals surface area contributed by atoms with E-state index in [4.69, 9.17) is 5.73 Å². The summed E-state index contributed by atoms with van der Waals surface area (Å²) in [5.74, 6) is 0.210. The van der Waals surface area contributed by atoms with Crippen LogP contribution < -0.4 is 5.73 Å². The van der Waals surface area contributed by atoms with E-state index in [0.717, 1.165) is 12.3 Å². The first-order chi connectivity index (χ1) is 7.30. The van der Waals surface area contributed by atoms with Crippen LogP contribution in [0, 0.1) is 6.92 Å². The standard InChI is InChI=1S/C9H7BrF3N3/c1-4-7(14)16-3-5(9(11,12)13)2-6(10)8(16)15-4/h2-3H,14H2,1H3. The summed E-state index contributed by atoms with van der Waals surface area (Å²) in [6.07, 6.45) is -3.46. The number of nitrogens with zero attached hydrogens (tertiary/aromatic N) is 2. The molecule has 16 heavy (non-hydrogen) atoms. The van der Waals surface area contributed by atoms with E-state index in [-0.39, 0.29) is 10.3 Å². The van der Waals surface area contributed by atoms with Crippen LogP contribution in [0.1, 0.15) is 11.3 Å². The number of nitrogens with two attached hydrogens (primary N) is 1. The number of hydrogen-bond acceptors (Lipinski definition) is 2. The summed E-state index contributed by atoms with van der Waals surface area (Å²) in [5.41, 5.74) is 5.74. The smallest absolute Gasteiger partial charge is 0.383 e. The molecule has 0 saturated heterocycles. The zero-order valence-electron chi connectivity index (χ0n) is 8.14. The molecule has 0 aliphatic heterocycles. The summed E-state index contributed by atoms with van der Waals surface area (Å²) in [6.45, 7) is 1.64. The molecule has 0 spiro atoms. The zero-order chi connectivity index (χ0) is 12.1. The molecule has 0 fully saturated rings. The van der Waals surface area contributed by atoms with Crippen molar-refractivity contribution in [3.63, 3.8) is 0 Å². The van der Waals surface area contributed by atoms with E-state index in [0.29, 0.717) is 11.3 Å². The molecule has 86 valence electrons. The summed E-state index contributed by atoms with van der Waals surface area (Å²) >= 11 is 3.05. The van der Waals surface area contributed by atoms with Gasteiger partial charge in [-0.3, -0.25) is 4.40 Å². The lowest BCUT2D eigenvalue weighted by atomic mass is 10.3. The molecule has 0 bridgehead atoms. The summed E-state index contributed by atoms with van der Waals surface area (Å²) in [6, 6.07) is 0.987. The highest BCUT2D eigenvalue weighted by Crippen LogP contribution is 2.33. The largest absolute Gasteiger partial charge is 0.417 e. The summed E-state index contributed by atoms with van der Waals surface area (Å²) < 4.78 is 39.1. The predicted octanol–water partition coefficient (Wildman–Crippen LogP) is 3.01. The lowest BCUT2D eigenvalue weighted by molar-refractivity contribution is -0.137. The van der Waals surface area contributed by atoms with E-state index in [1.54, 1.807) is 6.92 Å². The Kier molecular flexibility index (Phi) is 2.37. The van der Waals surface area contributed by atoms with Gasteiger partial charge in [-0.1, -0.05) is 0 Å². The third-order valence-electron chi connectivity index (χ3n) is 2.22. The zero-order valence-corrected chi connectivity index (χ0v) is 9.72. The number of anilines is 1. The van der Waals surface area contributed by atoms with Gasteiger partial charge in [-0.2, -0.15) is 13.2 Å². The molecule has 2 heterocycles. The summed E-state index contributed by atoms with van der Waals surface area (Å²) in [5, 5.41) is 0. The number of imidazole rings is 1. The highest BCUT2D eigenvalue weighted by molar-refractivity contribution is 9.10. The van der Waals surface area contributed by atoms with E-state index in [1.165, 1.54) is 4.40 Å². The molecule has 0 unspecified atom stereocenters. The number of aromatic nitrogens is 2. The Labute approximate surface area is 97.2 Å². The Morgan fingerprint density at radius 2 is 2.06 bits per heavy atom. The van der Waals surface area contributed by atoms with Gasteiger partial charge in [-0.25, -0.2) is 4.98 Å². The summed E-state index contributed by atoms with van der Waals surface area (Å²) in [4.78, 5) is 4.06. The van der Waals surface area contributed by atoms with Crippen LogP contribution in [0.4, 0.5) is 19.0 Å². The third-order valence-corrected chi connectivity index (χ3v) is 2.81. The highest BCUT2D eigenvalue weighted by atomic mass is 79.9. The molecule has 7 heteroatoms. The number of nitrogen functional groups attached to an aromatic ring is 1. The Morgan fingerprint density at radius 1 is 1.44 bits per heavy atom. The fourth-order valence-electron chi connectivity index (χ4n) is 1.39. The molecule has 0 amide bonds. The maximum atomic E-state index is 12.5. The van der Waals surface area contributed by atoms with Gasteiger partial charge in [0.15, 0.2) is 5.65 Å². The second kappa shape index (κ2) is 3.38. The lowest BCUT2D eigenvalue weighted by Crippen LogP contribution is -2.07. The van der Waals surface area contributed by atoms with Crippen molar-refractivity contribution in [1.29, 1.82) is 0 Å². The number of rotatable bonds is 0. The topological polar surface area (TPSA) is 43.3 Å². The van der Waals surface area contributed by atoms with Crippen molar-refractivity contribution in [2.75, 3.05) is 5.73 Å². The molecule has 0 aromatic carbocycles. The van der Waals surface area contributed by atoms with Crippen LogP contribution in [0.2, 0.25) is 0 Å². The molecule has 0 aliphatic carbocycles. The molecule has 2 aromatic rings. The quantitative estimate of drug-likeness (QED) is 0.811. The fraction of sp³-hybridized carbons (Fsp3) is 0.222. The molecule has 3 nitrogen and oxygen atoms in total. The van der Waals surface area contributed by atoms with Gasteiger partial charge >= 0.3 is 6.18 Å². The predicted molar refractivity (Wildman–Crippen MR) is 57.0 cm³/mol. The molecule has 0 radical (unpaired) electrons. The average Bonchev–Trinajstić information content (AvgIpc) is 2.44. The van der Waals surface area contributed by atoms with Crippen molar-refractivity contribution < 1.29 is 13.2 Å². The van der Waals surface area contributed by atoms with E-state index in [9.17, 15) is 13.2 Å². The SMILES string of the molecule is Cc1nc2c(Br)cc(C(F)(F)F)cn2c1N. The first-order valence-electron chi connectivity index (χ1n) is 4.31.